The quantitative estimate of drug-likeness (QED) is 0.577. The molecule has 2 amide bonds. The van der Waals surface area contributed by atoms with Crippen molar-refractivity contribution in [2.24, 2.45) is 0 Å². The Balaban J connectivity index is 1.64. The van der Waals surface area contributed by atoms with Gasteiger partial charge < -0.3 is 10.6 Å². The molecule has 0 unspecified atom stereocenters. The van der Waals surface area contributed by atoms with Crippen LogP contribution in [0.25, 0.3) is 0 Å². The highest BCUT2D eigenvalue weighted by Crippen LogP contribution is 2.21. The van der Waals surface area contributed by atoms with Crippen LogP contribution in [0.3, 0.4) is 0 Å². The Morgan fingerprint density at radius 2 is 1.70 bits per heavy atom. The summed E-state index contributed by atoms with van der Waals surface area (Å²) < 4.78 is 0. The van der Waals surface area contributed by atoms with Crippen LogP contribution in [0.4, 0.5) is 16.2 Å². The molecule has 3 aromatic heterocycles. The van der Waals surface area contributed by atoms with Crippen molar-refractivity contribution in [1.29, 1.82) is 0 Å². The molecule has 0 aliphatic heterocycles. The third-order valence-electron chi connectivity index (χ3n) is 3.33. The van der Waals surface area contributed by atoms with E-state index < -0.39 is 0 Å². The van der Waals surface area contributed by atoms with E-state index in [-0.39, 0.29) is 23.9 Å². The number of likely N-dealkylation sites (N-methyl/N-ethyl adjacent to an activating group) is 1. The summed E-state index contributed by atoms with van der Waals surface area (Å²) in [5.74, 6) is -0.0731. The first kappa shape index (κ1) is 18.9. The number of nitrogens with one attached hydrogen (secondary N) is 3. The van der Waals surface area contributed by atoms with Crippen LogP contribution in [0.2, 0.25) is 0 Å². The lowest BCUT2D eigenvalue weighted by atomic mass is 10.3. The number of aromatic nitrogens is 4. The summed E-state index contributed by atoms with van der Waals surface area (Å²) in [7, 11) is 1.56. The molecule has 0 saturated heterocycles. The van der Waals surface area contributed by atoms with Gasteiger partial charge in [0.25, 0.3) is 5.91 Å². The Morgan fingerprint density at radius 3 is 2.41 bits per heavy atom. The molecule has 0 bridgehead atoms. The smallest absolute Gasteiger partial charge is 0.276 e. The summed E-state index contributed by atoms with van der Waals surface area (Å²) in [6.07, 6.45) is 0.170. The molecule has 0 aliphatic carbocycles. The molecule has 140 valence electrons. The number of anilines is 3. The van der Waals surface area contributed by atoms with Gasteiger partial charge >= 0.3 is 0 Å². The Labute approximate surface area is 163 Å². The van der Waals surface area contributed by atoms with E-state index in [0.29, 0.717) is 21.9 Å². The van der Waals surface area contributed by atoms with Gasteiger partial charge in [0.15, 0.2) is 10.3 Å². The first-order valence-corrected chi connectivity index (χ1v) is 9.70. The van der Waals surface area contributed by atoms with Gasteiger partial charge in [0.1, 0.15) is 5.69 Å². The zero-order chi connectivity index (χ0) is 19.4. The van der Waals surface area contributed by atoms with Crippen LogP contribution in [0.1, 0.15) is 27.6 Å². The van der Waals surface area contributed by atoms with E-state index in [4.69, 9.17) is 0 Å². The maximum absolute atomic E-state index is 12.3. The molecule has 0 atom stereocenters. The topological polar surface area (TPSA) is 122 Å². The largest absolute Gasteiger partial charge is 0.359 e. The van der Waals surface area contributed by atoms with Gasteiger partial charge in [-0.2, -0.15) is 0 Å². The molecule has 3 heterocycles. The number of thiazole rings is 2. The van der Waals surface area contributed by atoms with Gasteiger partial charge in [-0.05, 0) is 19.9 Å². The van der Waals surface area contributed by atoms with E-state index in [1.54, 1.807) is 17.8 Å². The summed E-state index contributed by atoms with van der Waals surface area (Å²) in [4.78, 5) is 40.8. The van der Waals surface area contributed by atoms with E-state index in [0.717, 1.165) is 11.4 Å². The first-order valence-electron chi connectivity index (χ1n) is 7.94. The second kappa shape index (κ2) is 8.18. The second-order valence-corrected chi connectivity index (χ2v) is 7.30. The molecule has 3 rings (SSSR count). The monoisotopic (exact) mass is 403 g/mol. The third kappa shape index (κ3) is 5.05. The number of rotatable bonds is 6. The minimum atomic E-state index is -0.374. The molecule has 0 aliphatic rings. The van der Waals surface area contributed by atoms with Gasteiger partial charge in [0.2, 0.25) is 11.9 Å². The summed E-state index contributed by atoms with van der Waals surface area (Å²) in [6.45, 7) is 3.76. The van der Waals surface area contributed by atoms with E-state index in [9.17, 15) is 9.59 Å². The van der Waals surface area contributed by atoms with Crippen LogP contribution in [-0.2, 0) is 11.2 Å². The van der Waals surface area contributed by atoms with E-state index in [2.05, 4.69) is 35.9 Å². The highest BCUT2D eigenvalue weighted by atomic mass is 32.1. The van der Waals surface area contributed by atoms with Crippen molar-refractivity contribution in [3.8, 4) is 0 Å². The molecular formula is C16H17N7O2S2. The second-order valence-electron chi connectivity index (χ2n) is 5.59. The van der Waals surface area contributed by atoms with Crippen LogP contribution < -0.4 is 16.0 Å². The number of hydrogen-bond acceptors (Lipinski definition) is 9. The molecular weight excluding hydrogens is 386 g/mol. The summed E-state index contributed by atoms with van der Waals surface area (Å²) >= 11 is 2.53. The molecule has 3 aromatic rings. The number of carbonyl (C=O) groups excluding carboxylic acids is 2. The van der Waals surface area contributed by atoms with E-state index in [1.165, 1.54) is 22.7 Å². The molecule has 0 fully saturated rings. The van der Waals surface area contributed by atoms with Crippen molar-refractivity contribution < 1.29 is 9.59 Å². The molecule has 9 nitrogen and oxygen atoms in total. The van der Waals surface area contributed by atoms with Crippen molar-refractivity contribution in [1.82, 2.24) is 25.3 Å². The molecule has 0 radical (unpaired) electrons. The van der Waals surface area contributed by atoms with E-state index in [1.807, 2.05) is 19.9 Å². The Bertz CT molecular complexity index is 963. The Morgan fingerprint density at radius 1 is 1.00 bits per heavy atom. The zero-order valence-corrected chi connectivity index (χ0v) is 16.5. The van der Waals surface area contributed by atoms with Gasteiger partial charge in [0, 0.05) is 29.2 Å². The van der Waals surface area contributed by atoms with Crippen molar-refractivity contribution in [2.75, 3.05) is 17.7 Å². The van der Waals surface area contributed by atoms with Gasteiger partial charge in [-0.15, -0.1) is 22.7 Å². The third-order valence-corrected chi connectivity index (χ3v) is 4.89. The van der Waals surface area contributed by atoms with Gasteiger partial charge in [0.05, 0.1) is 12.1 Å². The van der Waals surface area contributed by atoms with Gasteiger partial charge in [-0.25, -0.2) is 19.9 Å². The minimum absolute atomic E-state index is 0.137. The maximum atomic E-state index is 12.3. The van der Waals surface area contributed by atoms with Gasteiger partial charge in [-0.3, -0.25) is 14.9 Å². The van der Waals surface area contributed by atoms with Crippen LogP contribution >= 0.6 is 22.7 Å². The summed E-state index contributed by atoms with van der Waals surface area (Å²) in [5.41, 5.74) is 2.55. The molecule has 27 heavy (non-hydrogen) atoms. The number of aryl methyl sites for hydroxylation is 2. The van der Waals surface area contributed by atoms with Crippen molar-refractivity contribution in [3.05, 3.63) is 39.6 Å². The molecule has 3 N–H and O–H groups in total. The normalized spacial score (nSPS) is 10.5. The van der Waals surface area contributed by atoms with Crippen LogP contribution in [0.5, 0.6) is 0 Å². The molecule has 0 saturated carbocycles. The van der Waals surface area contributed by atoms with Crippen molar-refractivity contribution in [2.45, 2.75) is 20.3 Å². The average molecular weight is 403 g/mol. The van der Waals surface area contributed by atoms with E-state index >= 15 is 0 Å². The minimum Gasteiger partial charge on any atom is -0.359 e. The molecule has 0 aromatic carbocycles. The lowest BCUT2D eigenvalue weighted by Crippen LogP contribution is -2.20. The predicted octanol–water partition coefficient (Wildman–Crippen LogP) is 2.29. The first-order chi connectivity index (χ1) is 12.9. The predicted molar refractivity (Wildman–Crippen MR) is 105 cm³/mol. The Hall–Kier alpha value is -2.92. The fourth-order valence-electron chi connectivity index (χ4n) is 2.17. The van der Waals surface area contributed by atoms with Gasteiger partial charge in [-0.1, -0.05) is 0 Å². The van der Waals surface area contributed by atoms with Crippen molar-refractivity contribution >= 4 is 50.7 Å². The van der Waals surface area contributed by atoms with Crippen molar-refractivity contribution in [3.63, 3.8) is 0 Å². The number of nitrogens with zero attached hydrogens (tertiary/aromatic N) is 4. The molecule has 11 heteroatoms. The maximum Gasteiger partial charge on any atom is 0.276 e. The highest BCUT2D eigenvalue weighted by Gasteiger charge is 2.14. The fourth-order valence-corrected chi connectivity index (χ4v) is 3.56. The number of amides is 2. The SMILES string of the molecule is CNC(=O)Cc1csc(NC(=O)c2csc(Nc3nc(C)cc(C)n3)n2)n1. The molecule has 0 spiro atoms. The average Bonchev–Trinajstić information content (AvgIpc) is 3.23. The summed E-state index contributed by atoms with van der Waals surface area (Å²) in [6, 6.07) is 1.87. The highest BCUT2D eigenvalue weighted by molar-refractivity contribution is 7.14. The lowest BCUT2D eigenvalue weighted by molar-refractivity contribution is -0.120. The zero-order valence-electron chi connectivity index (χ0n) is 14.9. The Kier molecular flexibility index (Phi) is 5.72. The number of carbonyl (C=O) groups is 2. The standard InChI is InChI=1S/C16H17N7O2S2/c1-8-4-9(2)19-14(18-8)23-16-21-11(7-27-16)13(25)22-15-20-10(6-26-15)5-12(24)17-3/h4,6-7H,5H2,1-3H3,(H,17,24)(H,20,22,25)(H,18,19,21,23). The van der Waals surface area contributed by atoms with Crippen LogP contribution in [0.15, 0.2) is 16.8 Å². The van der Waals surface area contributed by atoms with Crippen LogP contribution in [-0.4, -0.2) is 38.8 Å². The lowest BCUT2D eigenvalue weighted by Gasteiger charge is -2.03. The van der Waals surface area contributed by atoms with Crippen LogP contribution in [0, 0.1) is 13.8 Å². The fraction of sp³-hybridized carbons (Fsp3) is 0.250. The number of hydrogen-bond donors (Lipinski definition) is 3. The summed E-state index contributed by atoms with van der Waals surface area (Å²) in [5, 5.41) is 12.5.